The zero-order valence-electron chi connectivity index (χ0n) is 9.54. The van der Waals surface area contributed by atoms with Gasteiger partial charge in [-0.15, -0.1) is 11.6 Å². The molecule has 0 amide bonds. The van der Waals surface area contributed by atoms with Gasteiger partial charge in [-0.2, -0.15) is 0 Å². The fourth-order valence-corrected chi connectivity index (χ4v) is 2.40. The molecule has 15 heavy (non-hydrogen) atoms. The van der Waals surface area contributed by atoms with Crippen LogP contribution in [0.5, 0.6) is 0 Å². The first-order valence-corrected chi connectivity index (χ1v) is 6.36. The van der Waals surface area contributed by atoms with Crippen LogP contribution in [0.25, 0.3) is 0 Å². The minimum absolute atomic E-state index is 0.214. The van der Waals surface area contributed by atoms with Crippen LogP contribution >= 0.6 is 11.6 Å². The van der Waals surface area contributed by atoms with Gasteiger partial charge in [-0.05, 0) is 42.7 Å². The predicted molar refractivity (Wildman–Crippen MR) is 66.8 cm³/mol. The zero-order chi connectivity index (χ0) is 10.8. The lowest BCUT2D eigenvalue weighted by atomic mass is 9.76. The Labute approximate surface area is 97.6 Å². The SMILES string of the molecule is CC(Cl)C(C)c1ccccc1C1CCC1. The molecule has 1 fully saturated rings. The van der Waals surface area contributed by atoms with Gasteiger partial charge in [0.25, 0.3) is 0 Å². The molecule has 0 nitrogen and oxygen atoms in total. The van der Waals surface area contributed by atoms with Crippen molar-refractivity contribution in [2.45, 2.75) is 50.3 Å². The van der Waals surface area contributed by atoms with Crippen molar-refractivity contribution in [1.82, 2.24) is 0 Å². The third-order valence-corrected chi connectivity index (χ3v) is 4.10. The molecular formula is C14H19Cl. The van der Waals surface area contributed by atoms with E-state index in [0.29, 0.717) is 5.92 Å². The molecule has 0 bridgehead atoms. The molecule has 2 rings (SSSR count). The Bertz CT molecular complexity index is 326. The van der Waals surface area contributed by atoms with Crippen LogP contribution in [0.15, 0.2) is 24.3 Å². The molecule has 1 aliphatic carbocycles. The molecule has 2 unspecified atom stereocenters. The topological polar surface area (TPSA) is 0 Å². The number of alkyl halides is 1. The van der Waals surface area contributed by atoms with E-state index in [9.17, 15) is 0 Å². The standard InChI is InChI=1S/C14H19Cl/c1-10(11(2)15)13-8-3-4-9-14(13)12-6-5-7-12/h3-4,8-12H,5-7H2,1-2H3. The van der Waals surface area contributed by atoms with E-state index in [1.165, 1.54) is 24.8 Å². The van der Waals surface area contributed by atoms with E-state index in [-0.39, 0.29) is 5.38 Å². The highest BCUT2D eigenvalue weighted by molar-refractivity contribution is 6.20. The van der Waals surface area contributed by atoms with E-state index in [1.54, 1.807) is 5.56 Å². The molecule has 1 aromatic carbocycles. The van der Waals surface area contributed by atoms with Crippen LogP contribution in [-0.2, 0) is 0 Å². The van der Waals surface area contributed by atoms with Crippen LogP contribution in [0.2, 0.25) is 0 Å². The number of halogens is 1. The lowest BCUT2D eigenvalue weighted by Gasteiger charge is -2.30. The van der Waals surface area contributed by atoms with E-state index < -0.39 is 0 Å². The van der Waals surface area contributed by atoms with Crippen molar-refractivity contribution in [3.05, 3.63) is 35.4 Å². The average Bonchev–Trinajstić information content (AvgIpc) is 2.15. The molecule has 0 aliphatic heterocycles. The van der Waals surface area contributed by atoms with Crippen LogP contribution in [0, 0.1) is 0 Å². The summed E-state index contributed by atoms with van der Waals surface area (Å²) in [6, 6.07) is 8.82. The molecule has 1 aliphatic rings. The number of hydrogen-bond donors (Lipinski definition) is 0. The molecule has 1 heteroatoms. The first-order chi connectivity index (χ1) is 7.20. The summed E-state index contributed by atoms with van der Waals surface area (Å²) < 4.78 is 0. The summed E-state index contributed by atoms with van der Waals surface area (Å²) in [5.41, 5.74) is 3.01. The fourth-order valence-electron chi connectivity index (χ4n) is 2.26. The monoisotopic (exact) mass is 222 g/mol. The van der Waals surface area contributed by atoms with Gasteiger partial charge in [-0.25, -0.2) is 0 Å². The highest BCUT2D eigenvalue weighted by Gasteiger charge is 2.24. The molecule has 82 valence electrons. The van der Waals surface area contributed by atoms with Crippen molar-refractivity contribution in [3.8, 4) is 0 Å². The van der Waals surface area contributed by atoms with Crippen molar-refractivity contribution in [2.75, 3.05) is 0 Å². The third-order valence-electron chi connectivity index (χ3n) is 3.72. The van der Waals surface area contributed by atoms with Crippen LogP contribution < -0.4 is 0 Å². The van der Waals surface area contributed by atoms with Crippen LogP contribution in [0.4, 0.5) is 0 Å². The highest BCUT2D eigenvalue weighted by atomic mass is 35.5. The molecule has 0 N–H and O–H groups in total. The van der Waals surface area contributed by atoms with Crippen molar-refractivity contribution in [1.29, 1.82) is 0 Å². The van der Waals surface area contributed by atoms with Gasteiger partial charge in [0.05, 0.1) is 0 Å². The molecule has 1 aromatic rings. The minimum atomic E-state index is 0.214. The minimum Gasteiger partial charge on any atom is -0.123 e. The van der Waals surface area contributed by atoms with Crippen molar-refractivity contribution >= 4 is 11.6 Å². The quantitative estimate of drug-likeness (QED) is 0.652. The lowest BCUT2D eigenvalue weighted by Crippen LogP contribution is -2.15. The van der Waals surface area contributed by atoms with Gasteiger partial charge in [-0.1, -0.05) is 37.6 Å². The zero-order valence-corrected chi connectivity index (χ0v) is 10.3. The Balaban J connectivity index is 2.28. The van der Waals surface area contributed by atoms with E-state index in [2.05, 4.69) is 38.1 Å². The Morgan fingerprint density at radius 1 is 1.20 bits per heavy atom. The van der Waals surface area contributed by atoms with E-state index in [4.69, 9.17) is 11.6 Å². The second-order valence-corrected chi connectivity index (χ2v) is 5.41. The van der Waals surface area contributed by atoms with Gasteiger partial charge in [0.2, 0.25) is 0 Å². The summed E-state index contributed by atoms with van der Waals surface area (Å²) in [4.78, 5) is 0. The molecule has 0 radical (unpaired) electrons. The number of benzene rings is 1. The Morgan fingerprint density at radius 3 is 2.40 bits per heavy atom. The summed E-state index contributed by atoms with van der Waals surface area (Å²) in [7, 11) is 0. The summed E-state index contributed by atoms with van der Waals surface area (Å²) >= 11 is 6.20. The summed E-state index contributed by atoms with van der Waals surface area (Å²) in [5, 5.41) is 0.214. The predicted octanol–water partition coefficient (Wildman–Crippen LogP) is 4.68. The van der Waals surface area contributed by atoms with Crippen molar-refractivity contribution < 1.29 is 0 Å². The van der Waals surface area contributed by atoms with Crippen LogP contribution in [-0.4, -0.2) is 5.38 Å². The van der Waals surface area contributed by atoms with E-state index in [1.807, 2.05) is 0 Å². The second-order valence-electron chi connectivity index (χ2n) is 4.72. The molecule has 1 saturated carbocycles. The summed E-state index contributed by atoms with van der Waals surface area (Å²) in [6.45, 7) is 4.32. The fraction of sp³-hybridized carbons (Fsp3) is 0.571. The lowest BCUT2D eigenvalue weighted by molar-refractivity contribution is 0.415. The Morgan fingerprint density at radius 2 is 1.87 bits per heavy atom. The maximum Gasteiger partial charge on any atom is 0.0373 e. The number of hydrogen-bond acceptors (Lipinski definition) is 0. The van der Waals surface area contributed by atoms with Gasteiger partial charge >= 0.3 is 0 Å². The average molecular weight is 223 g/mol. The normalized spacial score (nSPS) is 20.7. The Hall–Kier alpha value is -0.490. The van der Waals surface area contributed by atoms with E-state index >= 15 is 0 Å². The third kappa shape index (κ3) is 2.20. The van der Waals surface area contributed by atoms with Gasteiger partial charge < -0.3 is 0 Å². The van der Waals surface area contributed by atoms with Gasteiger partial charge in [-0.3, -0.25) is 0 Å². The molecule has 0 saturated heterocycles. The maximum absolute atomic E-state index is 6.20. The van der Waals surface area contributed by atoms with Crippen LogP contribution in [0.1, 0.15) is 56.1 Å². The molecule has 0 spiro atoms. The first kappa shape index (κ1) is 11.0. The molecule has 0 heterocycles. The van der Waals surface area contributed by atoms with Gasteiger partial charge in [0, 0.05) is 5.38 Å². The van der Waals surface area contributed by atoms with Crippen LogP contribution in [0.3, 0.4) is 0 Å². The van der Waals surface area contributed by atoms with Crippen molar-refractivity contribution in [2.24, 2.45) is 0 Å². The summed E-state index contributed by atoms with van der Waals surface area (Å²) in [6.07, 6.45) is 4.12. The molecule has 0 aromatic heterocycles. The Kier molecular flexibility index (Phi) is 3.35. The molecule has 2 atom stereocenters. The van der Waals surface area contributed by atoms with Crippen molar-refractivity contribution in [3.63, 3.8) is 0 Å². The highest BCUT2D eigenvalue weighted by Crippen LogP contribution is 2.40. The first-order valence-electron chi connectivity index (χ1n) is 5.93. The molecular weight excluding hydrogens is 204 g/mol. The van der Waals surface area contributed by atoms with E-state index in [0.717, 1.165) is 5.92 Å². The number of rotatable bonds is 3. The van der Waals surface area contributed by atoms with Gasteiger partial charge in [0.1, 0.15) is 0 Å². The maximum atomic E-state index is 6.20. The smallest absolute Gasteiger partial charge is 0.0373 e. The second kappa shape index (κ2) is 4.57. The largest absolute Gasteiger partial charge is 0.123 e. The summed E-state index contributed by atoms with van der Waals surface area (Å²) in [5.74, 6) is 1.27. The van der Waals surface area contributed by atoms with Gasteiger partial charge in [0.15, 0.2) is 0 Å².